The Kier molecular flexibility index (Phi) is 10.7. The highest BCUT2D eigenvalue weighted by Crippen LogP contribution is 2.34. The molecule has 0 bridgehead atoms. The Hall–Kier alpha value is -4.05. The van der Waals surface area contributed by atoms with Gasteiger partial charge in [-0.25, -0.2) is 4.79 Å². The van der Waals surface area contributed by atoms with Crippen LogP contribution in [0, 0.1) is 6.92 Å². The molecule has 10 heteroatoms. The number of carboxylic acid groups (broad SMARTS) is 1. The minimum absolute atomic E-state index is 0.0161. The fraction of sp³-hybridized carbons (Fsp3) is 0.393. The number of aromatic carboxylic acids is 1. The first-order chi connectivity index (χ1) is 18.1. The number of aromatic nitrogens is 1. The zero-order valence-corrected chi connectivity index (χ0v) is 22.8. The highest BCUT2D eigenvalue weighted by molar-refractivity contribution is 6.06. The van der Waals surface area contributed by atoms with Crippen LogP contribution in [0.25, 0.3) is 10.9 Å². The first-order valence-electron chi connectivity index (χ1n) is 12.4. The second-order valence-corrected chi connectivity index (χ2v) is 8.86. The van der Waals surface area contributed by atoms with Crippen molar-refractivity contribution in [3.8, 4) is 17.2 Å². The van der Waals surface area contributed by atoms with Crippen LogP contribution in [0.4, 0.5) is 5.69 Å². The van der Waals surface area contributed by atoms with Crippen molar-refractivity contribution in [2.75, 3.05) is 32.7 Å². The molecule has 0 radical (unpaired) electrons. The Bertz CT molecular complexity index is 1280. The fourth-order valence-electron chi connectivity index (χ4n) is 3.68. The predicted molar refractivity (Wildman–Crippen MR) is 146 cm³/mol. The first-order valence-corrected chi connectivity index (χ1v) is 12.4. The summed E-state index contributed by atoms with van der Waals surface area (Å²) in [6.45, 7) is 9.61. The lowest BCUT2D eigenvalue weighted by atomic mass is 10.0. The van der Waals surface area contributed by atoms with E-state index in [9.17, 15) is 14.7 Å². The van der Waals surface area contributed by atoms with Gasteiger partial charge in [-0.3, -0.25) is 9.78 Å². The van der Waals surface area contributed by atoms with Crippen LogP contribution in [0.2, 0.25) is 0 Å². The molecule has 0 atom stereocenters. The average molecular weight is 528 g/mol. The van der Waals surface area contributed by atoms with Crippen LogP contribution in [0.5, 0.6) is 17.2 Å². The summed E-state index contributed by atoms with van der Waals surface area (Å²) < 4.78 is 16.9. The molecule has 0 spiro atoms. The molecule has 0 aliphatic carbocycles. The third kappa shape index (κ3) is 7.25. The van der Waals surface area contributed by atoms with Gasteiger partial charge < -0.3 is 35.5 Å². The van der Waals surface area contributed by atoms with Crippen LogP contribution in [-0.4, -0.2) is 59.5 Å². The number of ether oxygens (including phenoxy) is 3. The smallest absolute Gasteiger partial charge is 0.339 e. The summed E-state index contributed by atoms with van der Waals surface area (Å²) in [6.07, 6.45) is 0.481. The van der Waals surface area contributed by atoms with Gasteiger partial charge in [-0.15, -0.1) is 0 Å². The van der Waals surface area contributed by atoms with Crippen LogP contribution in [0.3, 0.4) is 0 Å². The number of aryl methyl sites for hydroxylation is 1. The van der Waals surface area contributed by atoms with Gasteiger partial charge in [0.15, 0.2) is 11.5 Å². The minimum Gasteiger partial charge on any atom is -0.493 e. The number of pyridine rings is 1. The molecule has 0 fully saturated rings. The zero-order valence-electron chi connectivity index (χ0n) is 22.8. The standard InChI is InChI=1S/C26H31N3O7.C2H6/c1-15-21(25(32)33)23(27)22-17(28-15)7-5-8-19(22)36-14-26(2,3)29-24(31)16-9-10-18(20(13-16)34-4)35-12-6-11-30;1-2/h5,7-10,13,30H,6,11-12,14H2,1-4H3,(H2,27,28)(H,29,31)(H,32,33);1-2H3. The number of nitrogens with zero attached hydrogens (tertiary/aromatic N) is 1. The molecule has 2 aromatic carbocycles. The summed E-state index contributed by atoms with van der Waals surface area (Å²) in [7, 11) is 1.48. The Morgan fingerprint density at radius 3 is 2.42 bits per heavy atom. The van der Waals surface area contributed by atoms with Crippen LogP contribution in [0.15, 0.2) is 36.4 Å². The van der Waals surface area contributed by atoms with Crippen LogP contribution in [-0.2, 0) is 0 Å². The van der Waals surface area contributed by atoms with E-state index in [0.717, 1.165) is 0 Å². The number of nitrogens with one attached hydrogen (secondary N) is 1. The summed E-state index contributed by atoms with van der Waals surface area (Å²) in [4.78, 5) is 29.0. The molecular formula is C28H37N3O7. The third-order valence-corrected chi connectivity index (χ3v) is 5.43. The van der Waals surface area contributed by atoms with Crippen molar-refractivity contribution < 1.29 is 34.0 Å². The van der Waals surface area contributed by atoms with Crippen LogP contribution >= 0.6 is 0 Å². The minimum atomic E-state index is -1.16. The van der Waals surface area contributed by atoms with Crippen molar-refractivity contribution in [1.82, 2.24) is 10.3 Å². The topological polar surface area (TPSA) is 153 Å². The predicted octanol–water partition coefficient (Wildman–Crippen LogP) is 4.21. The molecule has 3 aromatic rings. The highest BCUT2D eigenvalue weighted by atomic mass is 16.5. The number of hydrogen-bond donors (Lipinski definition) is 4. The quantitative estimate of drug-likeness (QED) is 0.269. The molecule has 206 valence electrons. The maximum Gasteiger partial charge on any atom is 0.339 e. The number of hydrogen-bond acceptors (Lipinski definition) is 8. The van der Waals surface area contributed by atoms with E-state index in [1.807, 2.05) is 13.8 Å². The molecule has 1 heterocycles. The molecule has 0 aliphatic rings. The molecule has 0 saturated heterocycles. The number of nitrogens with two attached hydrogens (primary N) is 1. The summed E-state index contributed by atoms with van der Waals surface area (Å²) in [5.74, 6) is -0.261. The highest BCUT2D eigenvalue weighted by Gasteiger charge is 2.25. The lowest BCUT2D eigenvalue weighted by Crippen LogP contribution is -2.47. The number of carbonyl (C=O) groups is 2. The summed E-state index contributed by atoms with van der Waals surface area (Å²) in [6, 6.07) is 9.99. The van der Waals surface area contributed by atoms with E-state index in [0.29, 0.717) is 52.4 Å². The van der Waals surface area contributed by atoms with Gasteiger partial charge in [0, 0.05) is 18.6 Å². The first kappa shape index (κ1) is 30.2. The number of amides is 1. The number of carboxylic acids is 1. The van der Waals surface area contributed by atoms with Crippen LogP contribution in [0.1, 0.15) is 60.5 Å². The molecule has 1 aromatic heterocycles. The molecule has 5 N–H and O–H groups in total. The van der Waals surface area contributed by atoms with E-state index >= 15 is 0 Å². The molecular weight excluding hydrogens is 490 g/mol. The number of aliphatic hydroxyl groups is 1. The summed E-state index contributed by atoms with van der Waals surface area (Å²) in [5.41, 5.74) is 6.61. The van der Waals surface area contributed by atoms with Crippen molar-refractivity contribution >= 4 is 28.5 Å². The molecule has 0 unspecified atom stereocenters. The van der Waals surface area contributed by atoms with Gasteiger partial charge in [-0.1, -0.05) is 19.9 Å². The fourth-order valence-corrected chi connectivity index (χ4v) is 3.68. The Morgan fingerprint density at radius 2 is 1.79 bits per heavy atom. The number of aliphatic hydroxyl groups excluding tert-OH is 1. The van der Waals surface area contributed by atoms with E-state index in [1.54, 1.807) is 57.2 Å². The number of rotatable bonds is 11. The van der Waals surface area contributed by atoms with Crippen molar-refractivity contribution in [2.45, 2.75) is 46.6 Å². The van der Waals surface area contributed by atoms with Gasteiger partial charge >= 0.3 is 5.97 Å². The summed E-state index contributed by atoms with van der Waals surface area (Å²) in [5, 5.41) is 21.8. The second kappa shape index (κ2) is 13.5. The summed E-state index contributed by atoms with van der Waals surface area (Å²) >= 11 is 0. The van der Waals surface area contributed by atoms with Crippen molar-refractivity contribution in [3.05, 3.63) is 53.2 Å². The van der Waals surface area contributed by atoms with Gasteiger partial charge in [0.1, 0.15) is 17.9 Å². The van der Waals surface area contributed by atoms with Gasteiger partial charge in [0.2, 0.25) is 0 Å². The van der Waals surface area contributed by atoms with E-state index in [2.05, 4.69) is 10.3 Å². The largest absolute Gasteiger partial charge is 0.493 e. The Morgan fingerprint density at radius 1 is 1.08 bits per heavy atom. The SMILES string of the molecule is CC.COc1cc(C(=O)NC(C)(C)COc2cccc3nc(C)c(C(=O)O)c(N)c23)ccc1OCCCO. The Labute approximate surface area is 222 Å². The van der Waals surface area contributed by atoms with Crippen LogP contribution < -0.4 is 25.3 Å². The number of nitrogen functional groups attached to an aromatic ring is 1. The number of methoxy groups -OCH3 is 1. The lowest BCUT2D eigenvalue weighted by molar-refractivity contribution is 0.0696. The van der Waals surface area contributed by atoms with E-state index in [1.165, 1.54) is 7.11 Å². The molecule has 38 heavy (non-hydrogen) atoms. The van der Waals surface area contributed by atoms with Gasteiger partial charge in [0.25, 0.3) is 5.91 Å². The maximum atomic E-state index is 12.9. The van der Waals surface area contributed by atoms with Gasteiger partial charge in [0.05, 0.1) is 41.5 Å². The molecule has 1 amide bonds. The second-order valence-electron chi connectivity index (χ2n) is 8.86. The molecule has 3 rings (SSSR count). The average Bonchev–Trinajstić information content (AvgIpc) is 2.88. The van der Waals surface area contributed by atoms with Crippen molar-refractivity contribution in [2.24, 2.45) is 0 Å². The maximum absolute atomic E-state index is 12.9. The molecule has 10 nitrogen and oxygen atoms in total. The van der Waals surface area contributed by atoms with E-state index in [4.69, 9.17) is 25.1 Å². The molecule has 0 saturated carbocycles. The molecule has 0 aliphatic heterocycles. The van der Waals surface area contributed by atoms with Crippen molar-refractivity contribution in [3.63, 3.8) is 0 Å². The van der Waals surface area contributed by atoms with E-state index in [-0.39, 0.29) is 30.4 Å². The number of fused-ring (bicyclic) bond motifs is 1. The van der Waals surface area contributed by atoms with Gasteiger partial charge in [-0.2, -0.15) is 0 Å². The third-order valence-electron chi connectivity index (χ3n) is 5.43. The lowest BCUT2D eigenvalue weighted by Gasteiger charge is -2.27. The number of anilines is 1. The number of benzene rings is 2. The van der Waals surface area contributed by atoms with E-state index < -0.39 is 11.5 Å². The normalized spacial score (nSPS) is 10.8. The van der Waals surface area contributed by atoms with Crippen molar-refractivity contribution in [1.29, 1.82) is 0 Å². The van der Waals surface area contributed by atoms with Gasteiger partial charge in [-0.05, 0) is 51.1 Å². The monoisotopic (exact) mass is 527 g/mol. The zero-order chi connectivity index (χ0) is 28.5. The Balaban J connectivity index is 0.00000247. The number of carbonyl (C=O) groups excluding carboxylic acids is 1.